The Bertz CT molecular complexity index is 1190. The van der Waals surface area contributed by atoms with Crippen molar-refractivity contribution in [1.82, 2.24) is 19.9 Å². The van der Waals surface area contributed by atoms with Gasteiger partial charge in [-0.1, -0.05) is 13.0 Å². The zero-order chi connectivity index (χ0) is 23.6. The number of carbonyl (C=O) groups is 1. The highest BCUT2D eigenvalue weighted by Crippen LogP contribution is 2.42. The first kappa shape index (κ1) is 22.5. The molecule has 11 nitrogen and oxygen atoms in total. The molecule has 0 bridgehead atoms. The van der Waals surface area contributed by atoms with Gasteiger partial charge in [0.25, 0.3) is 0 Å². The molecule has 1 aliphatic carbocycles. The number of hydrogen-bond acceptors (Lipinski definition) is 9. The van der Waals surface area contributed by atoms with Gasteiger partial charge in [0, 0.05) is 31.4 Å². The molecule has 0 radical (unpaired) electrons. The minimum absolute atomic E-state index is 0.0521. The maximum Gasteiger partial charge on any atom is 0.244 e. The highest BCUT2D eigenvalue weighted by Gasteiger charge is 2.46. The Morgan fingerprint density at radius 2 is 2.18 bits per heavy atom. The molecular formula is C22H28N8O3. The molecule has 0 spiro atoms. The molecule has 0 atom stereocenters. The normalized spacial score (nSPS) is 19.6. The summed E-state index contributed by atoms with van der Waals surface area (Å²) in [6.45, 7) is 2.10. The van der Waals surface area contributed by atoms with E-state index in [-0.39, 0.29) is 25.1 Å². The van der Waals surface area contributed by atoms with Crippen LogP contribution in [-0.4, -0.2) is 59.0 Å². The van der Waals surface area contributed by atoms with E-state index in [1.54, 1.807) is 24.7 Å². The van der Waals surface area contributed by atoms with Crippen molar-refractivity contribution < 1.29 is 14.6 Å². The van der Waals surface area contributed by atoms with Crippen molar-refractivity contribution in [2.45, 2.75) is 25.8 Å². The number of hydrogen-bond donors (Lipinski definition) is 5. The summed E-state index contributed by atoms with van der Waals surface area (Å²) in [5.41, 5.74) is 10.7. The van der Waals surface area contributed by atoms with Crippen LogP contribution >= 0.6 is 0 Å². The maximum absolute atomic E-state index is 12.3. The van der Waals surface area contributed by atoms with Gasteiger partial charge in [-0.25, -0.2) is 10.0 Å². The molecule has 0 unspecified atom stereocenters. The number of methoxy groups -OCH3 is 1. The standard InChI is InChI=1S/C22H28N8O3/c1-22(20(32)25-7-9-31)11-14(12-22)26-21-27-19(33-3)18-15(6-8-30(18)29-21)13-4-5-16(28-23)17(10-13)24-2/h4-6,8,10,14,23-24,31H,7,9,11-12H2,1-3H3,(H,25,32)(H,26,29). The maximum atomic E-state index is 12.3. The Morgan fingerprint density at radius 1 is 1.39 bits per heavy atom. The number of ether oxygens (including phenoxy) is 1. The Kier molecular flexibility index (Phi) is 6.14. The van der Waals surface area contributed by atoms with Crippen LogP contribution in [0.25, 0.3) is 16.6 Å². The van der Waals surface area contributed by atoms with Crippen LogP contribution in [0, 0.1) is 10.9 Å². The second-order valence-electron chi connectivity index (χ2n) is 8.35. The summed E-state index contributed by atoms with van der Waals surface area (Å²) in [5, 5.41) is 26.1. The quantitative estimate of drug-likeness (QED) is 0.313. The molecule has 4 rings (SSSR count). The fourth-order valence-electron chi connectivity index (χ4n) is 4.31. The summed E-state index contributed by atoms with van der Waals surface area (Å²) in [7, 11) is 3.35. The van der Waals surface area contributed by atoms with E-state index >= 15 is 0 Å². The first-order valence-electron chi connectivity index (χ1n) is 10.7. The van der Waals surface area contributed by atoms with E-state index in [0.29, 0.717) is 30.4 Å². The minimum Gasteiger partial charge on any atom is -0.479 e. The second-order valence-corrected chi connectivity index (χ2v) is 8.35. The monoisotopic (exact) mass is 452 g/mol. The van der Waals surface area contributed by atoms with Crippen LogP contribution in [0.2, 0.25) is 0 Å². The third-order valence-corrected chi connectivity index (χ3v) is 6.04. The average molecular weight is 453 g/mol. The summed E-state index contributed by atoms with van der Waals surface area (Å²) < 4.78 is 7.30. The molecular weight excluding hydrogens is 424 g/mol. The lowest BCUT2D eigenvalue weighted by atomic mass is 9.66. The number of fused-ring (bicyclic) bond motifs is 1. The zero-order valence-electron chi connectivity index (χ0n) is 18.8. The van der Waals surface area contributed by atoms with Crippen molar-refractivity contribution in [3.8, 4) is 17.0 Å². The highest BCUT2D eigenvalue weighted by atomic mass is 16.5. The van der Waals surface area contributed by atoms with Crippen molar-refractivity contribution >= 4 is 28.7 Å². The molecule has 5 N–H and O–H groups in total. The number of carbonyl (C=O) groups excluding carboxylic acids is 1. The number of rotatable bonds is 9. The van der Waals surface area contributed by atoms with Gasteiger partial charge in [-0.05, 0) is 36.6 Å². The number of anilines is 2. The number of aliphatic hydroxyl groups excluding tert-OH is 1. The van der Waals surface area contributed by atoms with E-state index in [4.69, 9.17) is 15.4 Å². The van der Waals surface area contributed by atoms with Crippen molar-refractivity contribution in [3.63, 3.8) is 0 Å². The topological polar surface area (TPSA) is 149 Å². The second kappa shape index (κ2) is 9.02. The fourth-order valence-corrected chi connectivity index (χ4v) is 4.31. The molecule has 1 fully saturated rings. The summed E-state index contributed by atoms with van der Waals surface area (Å²) in [4.78, 5) is 16.8. The van der Waals surface area contributed by atoms with Crippen molar-refractivity contribution in [2.24, 2.45) is 10.5 Å². The van der Waals surface area contributed by atoms with Crippen LogP contribution in [0.1, 0.15) is 19.8 Å². The lowest BCUT2D eigenvalue weighted by molar-refractivity contribution is -0.135. The largest absolute Gasteiger partial charge is 0.479 e. The minimum atomic E-state index is -0.468. The summed E-state index contributed by atoms with van der Waals surface area (Å²) >= 11 is 0. The van der Waals surface area contributed by atoms with Crippen LogP contribution in [0.4, 0.5) is 17.3 Å². The number of aliphatic hydroxyl groups is 1. The van der Waals surface area contributed by atoms with Crippen LogP contribution in [0.3, 0.4) is 0 Å². The third-order valence-electron chi connectivity index (χ3n) is 6.04. The van der Waals surface area contributed by atoms with Crippen molar-refractivity contribution in [1.29, 1.82) is 5.53 Å². The Hall–Kier alpha value is -3.73. The van der Waals surface area contributed by atoms with Gasteiger partial charge in [0.05, 0.1) is 24.8 Å². The van der Waals surface area contributed by atoms with E-state index in [0.717, 1.165) is 22.3 Å². The molecule has 3 aromatic rings. The zero-order valence-corrected chi connectivity index (χ0v) is 18.8. The molecule has 1 aliphatic rings. The first-order chi connectivity index (χ1) is 15.9. The fraction of sp³-hybridized carbons (Fsp3) is 0.409. The lowest BCUT2D eigenvalue weighted by Crippen LogP contribution is -2.53. The molecule has 2 aromatic heterocycles. The molecule has 1 amide bonds. The van der Waals surface area contributed by atoms with Crippen LogP contribution in [0.15, 0.2) is 35.6 Å². The first-order valence-corrected chi connectivity index (χ1v) is 10.7. The molecule has 2 heterocycles. The van der Waals surface area contributed by atoms with Gasteiger partial charge in [-0.3, -0.25) is 4.79 Å². The number of nitrogens with one attached hydrogen (secondary N) is 4. The van der Waals surface area contributed by atoms with Crippen molar-refractivity contribution in [2.75, 3.05) is 37.9 Å². The smallest absolute Gasteiger partial charge is 0.244 e. The highest BCUT2D eigenvalue weighted by molar-refractivity contribution is 5.87. The van der Waals surface area contributed by atoms with Gasteiger partial charge in [-0.15, -0.1) is 5.10 Å². The summed E-state index contributed by atoms with van der Waals surface area (Å²) in [5.74, 6) is 0.794. The summed E-state index contributed by atoms with van der Waals surface area (Å²) in [6, 6.07) is 7.60. The number of nitrogens with zero attached hydrogens (tertiary/aromatic N) is 4. The van der Waals surface area contributed by atoms with E-state index < -0.39 is 5.41 Å². The number of amides is 1. The molecule has 0 saturated heterocycles. The Balaban J connectivity index is 1.57. The molecule has 33 heavy (non-hydrogen) atoms. The molecule has 11 heteroatoms. The van der Waals surface area contributed by atoms with Crippen LogP contribution in [-0.2, 0) is 4.79 Å². The molecule has 1 saturated carbocycles. The van der Waals surface area contributed by atoms with Gasteiger partial charge in [0.15, 0.2) is 0 Å². The van der Waals surface area contributed by atoms with Gasteiger partial charge in [0.1, 0.15) is 11.2 Å². The number of benzene rings is 1. The lowest BCUT2D eigenvalue weighted by Gasteiger charge is -2.43. The summed E-state index contributed by atoms with van der Waals surface area (Å²) in [6.07, 6.45) is 3.13. The third kappa shape index (κ3) is 4.19. The SMILES string of the molecule is CNc1cc(-c2ccn3nc(NC4CC(C)(C(=O)NCCO)C4)nc(OC)c23)ccc1N=N. The molecule has 1 aromatic carbocycles. The van der Waals surface area contributed by atoms with Gasteiger partial charge in [-0.2, -0.15) is 10.1 Å². The predicted molar refractivity (Wildman–Crippen MR) is 124 cm³/mol. The van der Waals surface area contributed by atoms with E-state index in [9.17, 15) is 4.79 Å². The van der Waals surface area contributed by atoms with Gasteiger partial charge in [0.2, 0.25) is 17.7 Å². The van der Waals surface area contributed by atoms with Gasteiger partial charge < -0.3 is 25.8 Å². The van der Waals surface area contributed by atoms with Gasteiger partial charge >= 0.3 is 0 Å². The van der Waals surface area contributed by atoms with Crippen molar-refractivity contribution in [3.05, 3.63) is 30.5 Å². The average Bonchev–Trinajstić information content (AvgIpc) is 3.24. The van der Waals surface area contributed by atoms with E-state index in [1.807, 2.05) is 31.3 Å². The Morgan fingerprint density at radius 3 is 2.85 bits per heavy atom. The van der Waals surface area contributed by atoms with Crippen LogP contribution in [0.5, 0.6) is 5.88 Å². The van der Waals surface area contributed by atoms with E-state index in [1.165, 1.54) is 0 Å². The number of aromatic nitrogens is 3. The molecule has 174 valence electrons. The Labute approximate surface area is 191 Å². The molecule has 0 aliphatic heterocycles. The van der Waals surface area contributed by atoms with Crippen LogP contribution < -0.4 is 20.7 Å². The van der Waals surface area contributed by atoms with E-state index in [2.05, 4.69) is 31.1 Å². The predicted octanol–water partition coefficient (Wildman–Crippen LogP) is 2.80.